The number of amides is 1. The molecule has 1 aromatic heterocycles. The minimum atomic E-state index is -0.0394. The van der Waals surface area contributed by atoms with Crippen molar-refractivity contribution in [3.8, 4) is 6.07 Å². The van der Waals surface area contributed by atoms with E-state index in [1.165, 1.54) is 16.6 Å². The minimum Gasteiger partial charge on any atom is -0.358 e. The van der Waals surface area contributed by atoms with Crippen LogP contribution in [0.5, 0.6) is 0 Å². The first-order valence-electron chi connectivity index (χ1n) is 8.14. The van der Waals surface area contributed by atoms with Crippen molar-refractivity contribution in [3.05, 3.63) is 65.4 Å². The van der Waals surface area contributed by atoms with Crippen molar-refractivity contribution in [2.75, 3.05) is 5.32 Å². The molecule has 1 amide bonds. The van der Waals surface area contributed by atoms with Gasteiger partial charge in [0.05, 0.1) is 11.6 Å². The second-order valence-electron chi connectivity index (χ2n) is 6.25. The Morgan fingerprint density at radius 1 is 1.21 bits per heavy atom. The molecule has 1 aliphatic rings. The van der Waals surface area contributed by atoms with E-state index >= 15 is 0 Å². The van der Waals surface area contributed by atoms with E-state index in [-0.39, 0.29) is 11.8 Å². The number of nitrogens with one attached hydrogen (secondary N) is 2. The Bertz CT molecular complexity index is 964. The summed E-state index contributed by atoms with van der Waals surface area (Å²) in [6.45, 7) is 0. The summed E-state index contributed by atoms with van der Waals surface area (Å²) in [4.78, 5) is 16.1. The molecule has 0 aliphatic heterocycles. The van der Waals surface area contributed by atoms with Gasteiger partial charge in [-0.2, -0.15) is 5.26 Å². The molecule has 2 aromatic carbocycles. The number of rotatable bonds is 2. The summed E-state index contributed by atoms with van der Waals surface area (Å²) in [5.41, 5.74) is 4.90. The van der Waals surface area contributed by atoms with Crippen LogP contribution < -0.4 is 5.32 Å². The van der Waals surface area contributed by atoms with Crippen LogP contribution in [0.1, 0.15) is 23.2 Å². The van der Waals surface area contributed by atoms with Crippen LogP contribution in [-0.2, 0) is 17.6 Å². The minimum absolute atomic E-state index is 0.0287. The smallest absolute Gasteiger partial charge is 0.227 e. The van der Waals surface area contributed by atoms with E-state index in [1.54, 1.807) is 18.2 Å². The van der Waals surface area contributed by atoms with Gasteiger partial charge in [0.1, 0.15) is 0 Å². The lowest BCUT2D eigenvalue weighted by molar-refractivity contribution is -0.120. The summed E-state index contributed by atoms with van der Waals surface area (Å²) in [6, 6.07) is 17.4. The third-order valence-corrected chi connectivity index (χ3v) is 4.73. The number of carbonyl (C=O) groups excluding carboxylic acids is 1. The van der Waals surface area contributed by atoms with E-state index in [4.69, 9.17) is 5.26 Å². The first kappa shape index (κ1) is 14.5. The third kappa shape index (κ3) is 2.55. The molecule has 0 spiro atoms. The fourth-order valence-corrected chi connectivity index (χ4v) is 3.50. The number of hydrogen-bond acceptors (Lipinski definition) is 2. The fraction of sp³-hybridized carbons (Fsp3) is 0.200. The second kappa shape index (κ2) is 5.86. The predicted octanol–water partition coefficient (Wildman–Crippen LogP) is 3.78. The number of carbonyl (C=O) groups is 1. The average molecular weight is 315 g/mol. The number of benzene rings is 2. The number of fused-ring (bicyclic) bond motifs is 3. The highest BCUT2D eigenvalue weighted by Crippen LogP contribution is 2.32. The number of aromatic amines is 1. The standard InChI is InChI=1S/C20H17N3O/c21-12-13-4-3-5-15(10-13)22-20(24)14-8-9-19-17(11-14)16-6-1-2-7-18(16)23-19/h1-7,10,14,23H,8-9,11H2,(H,22,24). The van der Waals surface area contributed by atoms with Crippen molar-refractivity contribution in [1.29, 1.82) is 5.26 Å². The molecule has 3 aromatic rings. The first-order valence-corrected chi connectivity index (χ1v) is 8.14. The molecule has 118 valence electrons. The molecule has 24 heavy (non-hydrogen) atoms. The van der Waals surface area contributed by atoms with E-state index in [2.05, 4.69) is 28.5 Å². The van der Waals surface area contributed by atoms with Crippen molar-refractivity contribution in [1.82, 2.24) is 4.98 Å². The molecule has 0 fully saturated rings. The van der Waals surface area contributed by atoms with E-state index in [1.807, 2.05) is 18.2 Å². The molecule has 1 heterocycles. The molecule has 0 radical (unpaired) electrons. The zero-order chi connectivity index (χ0) is 16.5. The Kier molecular flexibility index (Phi) is 3.55. The van der Waals surface area contributed by atoms with E-state index in [0.29, 0.717) is 11.3 Å². The van der Waals surface area contributed by atoms with Gasteiger partial charge in [-0.1, -0.05) is 24.3 Å². The van der Waals surface area contributed by atoms with Crippen molar-refractivity contribution >= 4 is 22.5 Å². The van der Waals surface area contributed by atoms with Crippen LogP contribution in [-0.4, -0.2) is 10.9 Å². The molecule has 0 bridgehead atoms. The van der Waals surface area contributed by atoms with Crippen LogP contribution in [0.2, 0.25) is 0 Å². The van der Waals surface area contributed by atoms with Crippen LogP contribution in [0.15, 0.2) is 48.5 Å². The largest absolute Gasteiger partial charge is 0.358 e. The maximum absolute atomic E-state index is 12.6. The molecule has 4 nitrogen and oxygen atoms in total. The number of anilines is 1. The van der Waals surface area contributed by atoms with Gasteiger partial charge in [0, 0.05) is 28.2 Å². The summed E-state index contributed by atoms with van der Waals surface area (Å²) in [7, 11) is 0. The van der Waals surface area contributed by atoms with Crippen LogP contribution in [0.4, 0.5) is 5.69 Å². The third-order valence-electron chi connectivity index (χ3n) is 4.73. The lowest BCUT2D eigenvalue weighted by Gasteiger charge is -2.22. The maximum atomic E-state index is 12.6. The van der Waals surface area contributed by atoms with Gasteiger partial charge in [0.25, 0.3) is 0 Å². The van der Waals surface area contributed by atoms with Crippen molar-refractivity contribution in [3.63, 3.8) is 0 Å². The Hall–Kier alpha value is -3.06. The van der Waals surface area contributed by atoms with Gasteiger partial charge in [-0.05, 0) is 49.1 Å². The number of aromatic nitrogens is 1. The number of nitriles is 1. The van der Waals surface area contributed by atoms with Gasteiger partial charge in [-0.25, -0.2) is 0 Å². The quantitative estimate of drug-likeness (QED) is 0.755. The van der Waals surface area contributed by atoms with E-state index < -0.39 is 0 Å². The normalized spacial score (nSPS) is 16.4. The summed E-state index contributed by atoms with van der Waals surface area (Å²) in [5.74, 6) is -0.0107. The molecule has 2 N–H and O–H groups in total. The van der Waals surface area contributed by atoms with Gasteiger partial charge in [0.2, 0.25) is 5.91 Å². The highest BCUT2D eigenvalue weighted by molar-refractivity contribution is 5.94. The van der Waals surface area contributed by atoms with Crippen LogP contribution in [0, 0.1) is 17.2 Å². The fourth-order valence-electron chi connectivity index (χ4n) is 3.50. The summed E-state index contributed by atoms with van der Waals surface area (Å²) in [6.07, 6.45) is 2.48. The average Bonchev–Trinajstić information content (AvgIpc) is 2.99. The van der Waals surface area contributed by atoms with Gasteiger partial charge in [-0.3, -0.25) is 4.79 Å². The Morgan fingerprint density at radius 2 is 2.08 bits per heavy atom. The molecule has 4 heteroatoms. The maximum Gasteiger partial charge on any atom is 0.227 e. The highest BCUT2D eigenvalue weighted by atomic mass is 16.1. The summed E-state index contributed by atoms with van der Waals surface area (Å²) < 4.78 is 0. The van der Waals surface area contributed by atoms with Gasteiger partial charge < -0.3 is 10.3 Å². The van der Waals surface area contributed by atoms with Crippen LogP contribution in [0.25, 0.3) is 10.9 Å². The monoisotopic (exact) mass is 315 g/mol. The van der Waals surface area contributed by atoms with E-state index in [9.17, 15) is 4.79 Å². The molecule has 1 aliphatic carbocycles. The Balaban J connectivity index is 1.55. The predicted molar refractivity (Wildman–Crippen MR) is 93.6 cm³/mol. The molecule has 0 saturated carbocycles. The van der Waals surface area contributed by atoms with Crippen molar-refractivity contribution in [2.24, 2.45) is 5.92 Å². The molecule has 0 saturated heterocycles. The topological polar surface area (TPSA) is 68.7 Å². The lowest BCUT2D eigenvalue weighted by atomic mass is 9.86. The van der Waals surface area contributed by atoms with Crippen LogP contribution in [0.3, 0.4) is 0 Å². The Labute approximate surface area is 140 Å². The SMILES string of the molecule is N#Cc1cccc(NC(=O)C2CCc3[nH]c4ccccc4c3C2)c1. The number of hydrogen-bond donors (Lipinski definition) is 2. The highest BCUT2D eigenvalue weighted by Gasteiger charge is 2.27. The molecule has 4 rings (SSSR count). The van der Waals surface area contributed by atoms with E-state index in [0.717, 1.165) is 24.8 Å². The zero-order valence-corrected chi connectivity index (χ0v) is 13.2. The van der Waals surface area contributed by atoms with Crippen molar-refractivity contribution in [2.45, 2.75) is 19.3 Å². The Morgan fingerprint density at radius 3 is 2.96 bits per heavy atom. The first-order chi connectivity index (χ1) is 11.7. The summed E-state index contributed by atoms with van der Waals surface area (Å²) >= 11 is 0. The van der Waals surface area contributed by atoms with Gasteiger partial charge in [0.15, 0.2) is 0 Å². The number of nitrogens with zero attached hydrogens (tertiary/aromatic N) is 1. The number of aryl methyl sites for hydroxylation is 1. The van der Waals surface area contributed by atoms with Crippen LogP contribution >= 0.6 is 0 Å². The lowest BCUT2D eigenvalue weighted by Crippen LogP contribution is -2.28. The zero-order valence-electron chi connectivity index (χ0n) is 13.2. The number of H-pyrrole nitrogens is 1. The molecular formula is C20H17N3O. The number of para-hydroxylation sites is 1. The van der Waals surface area contributed by atoms with Gasteiger partial charge in [-0.15, -0.1) is 0 Å². The molecule has 1 atom stereocenters. The molecule has 1 unspecified atom stereocenters. The molecular weight excluding hydrogens is 298 g/mol. The van der Waals surface area contributed by atoms with Crippen molar-refractivity contribution < 1.29 is 4.79 Å². The summed E-state index contributed by atoms with van der Waals surface area (Å²) in [5, 5.41) is 13.1. The van der Waals surface area contributed by atoms with Gasteiger partial charge >= 0.3 is 0 Å². The second-order valence-corrected chi connectivity index (χ2v) is 6.25.